The van der Waals surface area contributed by atoms with E-state index in [1.54, 1.807) is 6.07 Å². The summed E-state index contributed by atoms with van der Waals surface area (Å²) in [6, 6.07) is 5.75. The van der Waals surface area contributed by atoms with Crippen molar-refractivity contribution in [2.24, 2.45) is 17.6 Å². The summed E-state index contributed by atoms with van der Waals surface area (Å²) in [5, 5.41) is 0. The minimum Gasteiger partial charge on any atom is -0.367 e. The Hall–Kier alpha value is -1.23. The molecule has 2 aliphatic rings. The molecule has 2 fully saturated rings. The van der Waals surface area contributed by atoms with Crippen LogP contribution in [0.2, 0.25) is 0 Å². The van der Waals surface area contributed by atoms with Gasteiger partial charge in [0.2, 0.25) is 0 Å². The molecule has 3 unspecified atom stereocenters. The minimum atomic E-state index is -4.28. The van der Waals surface area contributed by atoms with Crippen molar-refractivity contribution in [2.45, 2.75) is 18.6 Å². The molecule has 98 valence electrons. The van der Waals surface area contributed by atoms with Crippen molar-refractivity contribution in [3.05, 3.63) is 29.8 Å². The fourth-order valence-electron chi connectivity index (χ4n) is 3.03. The minimum absolute atomic E-state index is 0.207. The van der Waals surface area contributed by atoms with Crippen molar-refractivity contribution in [1.29, 1.82) is 0 Å². The maximum atomic E-state index is 12.7. The van der Waals surface area contributed by atoms with Crippen molar-refractivity contribution >= 4 is 5.69 Å². The van der Waals surface area contributed by atoms with Crippen LogP contribution < -0.4 is 10.6 Å². The molecule has 1 aromatic carbocycles. The van der Waals surface area contributed by atoms with Crippen LogP contribution in [0.4, 0.5) is 18.9 Å². The van der Waals surface area contributed by atoms with E-state index in [9.17, 15) is 13.2 Å². The van der Waals surface area contributed by atoms with Gasteiger partial charge in [0.15, 0.2) is 0 Å². The Morgan fingerprint density at radius 3 is 2.78 bits per heavy atom. The summed E-state index contributed by atoms with van der Waals surface area (Å²) < 4.78 is 38.0. The fraction of sp³-hybridized carbons (Fsp3) is 0.538. The quantitative estimate of drug-likeness (QED) is 0.880. The van der Waals surface area contributed by atoms with Crippen LogP contribution in [-0.4, -0.2) is 19.1 Å². The zero-order chi connectivity index (χ0) is 12.9. The molecule has 18 heavy (non-hydrogen) atoms. The van der Waals surface area contributed by atoms with Crippen LogP contribution in [-0.2, 0) is 6.18 Å². The number of hydrogen-bond donors (Lipinski definition) is 1. The molecule has 0 bridgehead atoms. The lowest BCUT2D eigenvalue weighted by Gasteiger charge is -2.29. The topological polar surface area (TPSA) is 29.3 Å². The Bertz CT molecular complexity index is 458. The molecule has 0 amide bonds. The van der Waals surface area contributed by atoms with Gasteiger partial charge in [0.25, 0.3) is 0 Å². The van der Waals surface area contributed by atoms with Crippen LogP contribution >= 0.6 is 0 Å². The first-order valence-electron chi connectivity index (χ1n) is 6.14. The van der Waals surface area contributed by atoms with Gasteiger partial charge >= 0.3 is 6.18 Å². The number of alkyl halides is 3. The normalized spacial score (nSPS) is 30.4. The highest BCUT2D eigenvalue weighted by molar-refractivity contribution is 5.52. The van der Waals surface area contributed by atoms with Gasteiger partial charge in [-0.05, 0) is 36.5 Å². The number of fused-ring (bicyclic) bond motifs is 1. The molecule has 1 saturated heterocycles. The molecule has 1 aromatic rings. The number of rotatable bonds is 2. The molecule has 3 rings (SSSR count). The molecular formula is C13H15F3N2. The molecule has 1 aliphatic heterocycles. The third kappa shape index (κ3) is 1.86. The van der Waals surface area contributed by atoms with Gasteiger partial charge in [-0.2, -0.15) is 13.2 Å². The molecule has 1 aliphatic carbocycles. The van der Waals surface area contributed by atoms with Crippen LogP contribution in [0.25, 0.3) is 0 Å². The number of hydrogen-bond acceptors (Lipinski definition) is 2. The van der Waals surface area contributed by atoms with Crippen LogP contribution in [0.5, 0.6) is 0 Å². The number of anilines is 1. The average molecular weight is 256 g/mol. The molecule has 1 heterocycles. The highest BCUT2D eigenvalue weighted by Crippen LogP contribution is 2.50. The second kappa shape index (κ2) is 3.88. The van der Waals surface area contributed by atoms with Crippen molar-refractivity contribution < 1.29 is 13.2 Å². The number of halogens is 3. The lowest BCUT2D eigenvalue weighted by atomic mass is 10.1. The van der Waals surface area contributed by atoms with Crippen molar-refractivity contribution in [3.8, 4) is 0 Å². The summed E-state index contributed by atoms with van der Waals surface area (Å²) in [7, 11) is 0. The Morgan fingerprint density at radius 2 is 2.11 bits per heavy atom. The first-order valence-corrected chi connectivity index (χ1v) is 6.14. The van der Waals surface area contributed by atoms with Crippen LogP contribution in [0.3, 0.4) is 0 Å². The van der Waals surface area contributed by atoms with Gasteiger partial charge in [0.1, 0.15) is 0 Å². The number of nitrogens with two attached hydrogens (primary N) is 1. The maximum absolute atomic E-state index is 12.7. The molecular weight excluding hydrogens is 241 g/mol. The van der Waals surface area contributed by atoms with E-state index in [1.807, 2.05) is 4.90 Å². The van der Waals surface area contributed by atoms with E-state index in [0.29, 0.717) is 24.1 Å². The summed E-state index contributed by atoms with van der Waals surface area (Å²) in [4.78, 5) is 2.04. The van der Waals surface area contributed by atoms with E-state index in [1.165, 1.54) is 18.6 Å². The third-order valence-electron chi connectivity index (χ3n) is 4.05. The molecule has 5 heteroatoms. The van der Waals surface area contributed by atoms with Crippen LogP contribution in [0.1, 0.15) is 12.0 Å². The van der Waals surface area contributed by atoms with Gasteiger partial charge in [-0.25, -0.2) is 0 Å². The highest BCUT2D eigenvalue weighted by Gasteiger charge is 2.51. The zero-order valence-corrected chi connectivity index (χ0v) is 9.82. The van der Waals surface area contributed by atoms with Gasteiger partial charge in [-0.15, -0.1) is 0 Å². The Kier molecular flexibility index (Phi) is 2.55. The largest absolute Gasteiger partial charge is 0.416 e. The first-order chi connectivity index (χ1) is 8.50. The standard InChI is InChI=1S/C13H15F3N2/c14-13(15,16)9-2-1-3-10(5-9)18-7-8-4-11(8)12(18)6-17/h1-3,5,8,11-12H,4,6-7,17H2. The molecule has 0 aromatic heterocycles. The van der Waals surface area contributed by atoms with E-state index >= 15 is 0 Å². The number of piperidine rings is 1. The van der Waals surface area contributed by atoms with Gasteiger partial charge in [-0.3, -0.25) is 0 Å². The second-order valence-electron chi connectivity index (χ2n) is 5.16. The van der Waals surface area contributed by atoms with Gasteiger partial charge < -0.3 is 10.6 Å². The molecule has 3 atom stereocenters. The molecule has 0 radical (unpaired) electrons. The summed E-state index contributed by atoms with van der Waals surface area (Å²) in [5.41, 5.74) is 5.80. The van der Waals surface area contributed by atoms with Crippen molar-refractivity contribution in [1.82, 2.24) is 0 Å². The maximum Gasteiger partial charge on any atom is 0.416 e. The van der Waals surface area contributed by atoms with Crippen molar-refractivity contribution in [3.63, 3.8) is 0 Å². The van der Waals surface area contributed by atoms with Crippen molar-refractivity contribution in [2.75, 3.05) is 18.0 Å². The van der Waals surface area contributed by atoms with E-state index in [4.69, 9.17) is 5.73 Å². The first kappa shape index (κ1) is 11.8. The van der Waals surface area contributed by atoms with Gasteiger partial charge in [0.05, 0.1) is 5.56 Å². The predicted octanol–water partition coefficient (Wildman–Crippen LogP) is 2.49. The molecule has 2 nitrogen and oxygen atoms in total. The zero-order valence-electron chi connectivity index (χ0n) is 9.82. The summed E-state index contributed by atoms with van der Waals surface area (Å²) >= 11 is 0. The molecule has 2 N–H and O–H groups in total. The lowest BCUT2D eigenvalue weighted by Crippen LogP contribution is -2.38. The predicted molar refractivity (Wildman–Crippen MR) is 63.2 cm³/mol. The van der Waals surface area contributed by atoms with E-state index in [-0.39, 0.29) is 6.04 Å². The monoisotopic (exact) mass is 256 g/mol. The Labute approximate surface area is 104 Å². The van der Waals surface area contributed by atoms with E-state index in [2.05, 4.69) is 0 Å². The van der Waals surface area contributed by atoms with Crippen LogP contribution in [0, 0.1) is 11.8 Å². The van der Waals surface area contributed by atoms with Crippen LogP contribution in [0.15, 0.2) is 24.3 Å². The molecule has 0 spiro atoms. The summed E-state index contributed by atoms with van der Waals surface area (Å²) in [5.74, 6) is 1.22. The van der Waals surface area contributed by atoms with E-state index < -0.39 is 11.7 Å². The Balaban J connectivity index is 1.88. The number of nitrogens with zero attached hydrogens (tertiary/aromatic N) is 1. The SMILES string of the molecule is NCC1C2CC2CN1c1cccc(C(F)(F)F)c1. The van der Waals surface area contributed by atoms with Gasteiger partial charge in [-0.1, -0.05) is 6.07 Å². The summed E-state index contributed by atoms with van der Waals surface area (Å²) in [6.45, 7) is 1.35. The Morgan fingerprint density at radius 1 is 1.33 bits per heavy atom. The van der Waals surface area contributed by atoms with E-state index in [0.717, 1.165) is 12.6 Å². The smallest absolute Gasteiger partial charge is 0.367 e. The molecule has 1 saturated carbocycles. The average Bonchev–Trinajstić information content (AvgIpc) is 3.00. The highest BCUT2D eigenvalue weighted by atomic mass is 19.4. The lowest BCUT2D eigenvalue weighted by molar-refractivity contribution is -0.137. The third-order valence-corrected chi connectivity index (χ3v) is 4.05. The second-order valence-corrected chi connectivity index (χ2v) is 5.16. The summed E-state index contributed by atoms with van der Waals surface area (Å²) in [6.07, 6.45) is -3.10. The number of benzene rings is 1. The van der Waals surface area contributed by atoms with Gasteiger partial charge in [0, 0.05) is 24.8 Å². The fourth-order valence-corrected chi connectivity index (χ4v) is 3.03.